The standard InChI is InChI=1S/C17H16F3N3O.2ClH/c18-17(19,20)12-5-6-14(22-9-12)16(24)23-10-15-13-4-2-1-3-11(13)7-8-21-15;;/h1-6,9,15,21H,7-8,10H2,(H,23,24);2*1H. The lowest BCUT2D eigenvalue weighted by Crippen LogP contribution is -2.39. The first-order valence-electron chi connectivity index (χ1n) is 7.58. The number of nitrogens with zero attached hydrogens (tertiary/aromatic N) is 1. The molecule has 0 saturated heterocycles. The zero-order valence-corrected chi connectivity index (χ0v) is 15.2. The van der Waals surface area contributed by atoms with E-state index in [-0.39, 0.29) is 36.5 Å². The van der Waals surface area contributed by atoms with E-state index in [9.17, 15) is 18.0 Å². The van der Waals surface area contributed by atoms with Gasteiger partial charge in [0, 0.05) is 18.8 Å². The minimum Gasteiger partial charge on any atom is -0.349 e. The predicted molar refractivity (Wildman–Crippen MR) is 97.0 cm³/mol. The average molecular weight is 408 g/mol. The zero-order valence-electron chi connectivity index (χ0n) is 13.5. The molecule has 3 rings (SSSR count). The van der Waals surface area contributed by atoms with Gasteiger partial charge < -0.3 is 10.6 Å². The molecular weight excluding hydrogens is 390 g/mol. The molecule has 2 N–H and O–H groups in total. The summed E-state index contributed by atoms with van der Waals surface area (Å²) in [7, 11) is 0. The van der Waals surface area contributed by atoms with Crippen molar-refractivity contribution in [2.45, 2.75) is 18.6 Å². The maximum Gasteiger partial charge on any atom is 0.417 e. The fraction of sp³-hybridized carbons (Fsp3) is 0.294. The Labute approximate surface area is 161 Å². The van der Waals surface area contributed by atoms with Gasteiger partial charge in [0.05, 0.1) is 5.56 Å². The number of pyridine rings is 1. The van der Waals surface area contributed by atoms with Crippen molar-refractivity contribution in [3.63, 3.8) is 0 Å². The molecule has 1 amide bonds. The molecule has 1 aliphatic rings. The Hall–Kier alpha value is -1.83. The van der Waals surface area contributed by atoms with Crippen molar-refractivity contribution in [2.24, 2.45) is 0 Å². The van der Waals surface area contributed by atoms with Gasteiger partial charge in [-0.3, -0.25) is 9.78 Å². The summed E-state index contributed by atoms with van der Waals surface area (Å²) in [6.45, 7) is 1.16. The molecule has 0 aliphatic carbocycles. The van der Waals surface area contributed by atoms with E-state index >= 15 is 0 Å². The fourth-order valence-electron chi connectivity index (χ4n) is 2.76. The predicted octanol–water partition coefficient (Wildman–Crippen LogP) is 3.56. The number of carbonyl (C=O) groups excluding carboxylic acids is 1. The number of alkyl halides is 3. The number of rotatable bonds is 3. The molecule has 2 aromatic rings. The molecule has 1 unspecified atom stereocenters. The van der Waals surface area contributed by atoms with E-state index in [2.05, 4.69) is 21.7 Å². The lowest BCUT2D eigenvalue weighted by molar-refractivity contribution is -0.137. The molecule has 1 aromatic carbocycles. The molecule has 142 valence electrons. The molecular formula is C17H18Cl2F3N3O. The lowest BCUT2D eigenvalue weighted by Gasteiger charge is -2.27. The second kappa shape index (κ2) is 9.21. The average Bonchev–Trinajstić information content (AvgIpc) is 2.59. The van der Waals surface area contributed by atoms with Gasteiger partial charge in [-0.25, -0.2) is 0 Å². The van der Waals surface area contributed by atoms with Gasteiger partial charge in [0.2, 0.25) is 0 Å². The van der Waals surface area contributed by atoms with Crippen LogP contribution in [0.3, 0.4) is 0 Å². The summed E-state index contributed by atoms with van der Waals surface area (Å²) in [6, 6.07) is 9.91. The minimum atomic E-state index is -4.46. The van der Waals surface area contributed by atoms with Crippen molar-refractivity contribution in [2.75, 3.05) is 13.1 Å². The van der Waals surface area contributed by atoms with Crippen LogP contribution >= 0.6 is 24.8 Å². The van der Waals surface area contributed by atoms with Crippen molar-refractivity contribution >= 4 is 30.7 Å². The van der Waals surface area contributed by atoms with Crippen LogP contribution in [0.4, 0.5) is 13.2 Å². The summed E-state index contributed by atoms with van der Waals surface area (Å²) in [6.07, 6.45) is -2.86. The highest BCUT2D eigenvalue weighted by Crippen LogP contribution is 2.28. The number of nitrogens with one attached hydrogen (secondary N) is 2. The maximum absolute atomic E-state index is 12.5. The summed E-state index contributed by atoms with van der Waals surface area (Å²) in [4.78, 5) is 15.7. The Bertz CT molecular complexity index is 739. The number of amides is 1. The highest BCUT2D eigenvalue weighted by Gasteiger charge is 2.31. The molecule has 1 atom stereocenters. The van der Waals surface area contributed by atoms with Crippen LogP contribution in [0, 0.1) is 0 Å². The van der Waals surface area contributed by atoms with E-state index in [4.69, 9.17) is 0 Å². The van der Waals surface area contributed by atoms with Crippen molar-refractivity contribution in [1.82, 2.24) is 15.6 Å². The van der Waals surface area contributed by atoms with Crippen molar-refractivity contribution in [3.8, 4) is 0 Å². The third-order valence-electron chi connectivity index (χ3n) is 4.01. The lowest BCUT2D eigenvalue weighted by atomic mass is 9.94. The van der Waals surface area contributed by atoms with E-state index in [0.717, 1.165) is 30.7 Å². The molecule has 4 nitrogen and oxygen atoms in total. The molecule has 0 saturated carbocycles. The van der Waals surface area contributed by atoms with E-state index in [0.29, 0.717) is 12.7 Å². The number of fused-ring (bicyclic) bond motifs is 1. The van der Waals surface area contributed by atoms with Crippen LogP contribution in [0.1, 0.15) is 33.2 Å². The highest BCUT2D eigenvalue weighted by molar-refractivity contribution is 5.92. The summed E-state index contributed by atoms with van der Waals surface area (Å²) < 4.78 is 37.5. The Balaban J connectivity index is 0.00000169. The van der Waals surface area contributed by atoms with Gasteiger partial charge in [-0.1, -0.05) is 24.3 Å². The molecule has 1 aromatic heterocycles. The molecule has 26 heavy (non-hydrogen) atoms. The van der Waals surface area contributed by atoms with Crippen molar-refractivity contribution in [1.29, 1.82) is 0 Å². The van der Waals surface area contributed by atoms with E-state index in [1.54, 1.807) is 0 Å². The van der Waals surface area contributed by atoms with E-state index in [1.165, 1.54) is 5.56 Å². The first-order valence-corrected chi connectivity index (χ1v) is 7.58. The van der Waals surface area contributed by atoms with Gasteiger partial charge >= 0.3 is 6.18 Å². The second-order valence-corrected chi connectivity index (χ2v) is 5.60. The number of halogens is 5. The highest BCUT2D eigenvalue weighted by atomic mass is 35.5. The number of aromatic nitrogens is 1. The van der Waals surface area contributed by atoms with Gasteiger partial charge in [-0.2, -0.15) is 13.2 Å². The van der Waals surface area contributed by atoms with Crippen molar-refractivity contribution < 1.29 is 18.0 Å². The molecule has 9 heteroatoms. The molecule has 1 aliphatic heterocycles. The topological polar surface area (TPSA) is 54.0 Å². The Morgan fingerprint density at radius 3 is 2.58 bits per heavy atom. The fourth-order valence-corrected chi connectivity index (χ4v) is 2.76. The van der Waals surface area contributed by atoms with Gasteiger partial charge in [0.1, 0.15) is 5.69 Å². The Kier molecular flexibility index (Phi) is 7.87. The van der Waals surface area contributed by atoms with E-state index in [1.807, 2.05) is 18.2 Å². The minimum absolute atomic E-state index is 0. The monoisotopic (exact) mass is 407 g/mol. The Morgan fingerprint density at radius 1 is 1.19 bits per heavy atom. The van der Waals surface area contributed by atoms with Gasteiger partial charge in [0.25, 0.3) is 5.91 Å². The van der Waals surface area contributed by atoms with Crippen LogP contribution < -0.4 is 10.6 Å². The third kappa shape index (κ3) is 5.09. The third-order valence-corrected chi connectivity index (χ3v) is 4.01. The summed E-state index contributed by atoms with van der Waals surface area (Å²) in [5, 5.41) is 6.05. The van der Waals surface area contributed by atoms with E-state index < -0.39 is 17.6 Å². The first kappa shape index (κ1) is 22.2. The van der Waals surface area contributed by atoms with Crippen LogP contribution in [0.2, 0.25) is 0 Å². The largest absolute Gasteiger partial charge is 0.417 e. The first-order chi connectivity index (χ1) is 11.4. The molecule has 0 spiro atoms. The maximum atomic E-state index is 12.5. The van der Waals surface area contributed by atoms with Crippen molar-refractivity contribution in [3.05, 3.63) is 65.0 Å². The molecule has 0 radical (unpaired) electrons. The Morgan fingerprint density at radius 2 is 1.92 bits per heavy atom. The SMILES string of the molecule is Cl.Cl.O=C(NCC1NCCc2ccccc21)c1ccc(C(F)(F)F)cn1. The molecule has 0 bridgehead atoms. The molecule has 2 heterocycles. The number of carbonyl (C=O) groups is 1. The summed E-state index contributed by atoms with van der Waals surface area (Å²) in [5.74, 6) is -0.492. The number of benzene rings is 1. The van der Waals surface area contributed by atoms with Crippen LogP contribution in [0.25, 0.3) is 0 Å². The zero-order chi connectivity index (χ0) is 17.2. The summed E-state index contributed by atoms with van der Waals surface area (Å²) >= 11 is 0. The smallest absolute Gasteiger partial charge is 0.349 e. The normalized spacial score (nSPS) is 15.9. The van der Waals surface area contributed by atoms with Gasteiger partial charge in [0.15, 0.2) is 0 Å². The molecule has 0 fully saturated rings. The van der Waals surface area contributed by atoms with Gasteiger partial charge in [-0.05, 0) is 36.2 Å². The van der Waals surface area contributed by atoms with Crippen LogP contribution in [-0.2, 0) is 12.6 Å². The quantitative estimate of drug-likeness (QED) is 0.817. The number of hydrogen-bond acceptors (Lipinski definition) is 3. The number of hydrogen-bond donors (Lipinski definition) is 2. The van der Waals surface area contributed by atoms with Crippen LogP contribution in [0.5, 0.6) is 0 Å². The van der Waals surface area contributed by atoms with Crippen LogP contribution in [0.15, 0.2) is 42.6 Å². The second-order valence-electron chi connectivity index (χ2n) is 5.60. The summed E-state index contributed by atoms with van der Waals surface area (Å²) in [5.41, 5.74) is 1.46. The van der Waals surface area contributed by atoms with Gasteiger partial charge in [-0.15, -0.1) is 24.8 Å². The van der Waals surface area contributed by atoms with Crippen LogP contribution in [-0.4, -0.2) is 24.0 Å².